The molecule has 8 heteroatoms. The molecule has 0 atom stereocenters. The second-order valence-corrected chi connectivity index (χ2v) is 10.6. The van der Waals surface area contributed by atoms with Gasteiger partial charge >= 0.3 is 21.0 Å². The molecule has 5 N–H and O–H groups in total. The molecule has 37 heavy (non-hydrogen) atoms. The number of phenolic OH excluding ortho intramolecular Hbond substituents is 3. The van der Waals surface area contributed by atoms with E-state index < -0.39 is 0 Å². The van der Waals surface area contributed by atoms with Crippen molar-refractivity contribution < 1.29 is 41.5 Å². The van der Waals surface area contributed by atoms with Gasteiger partial charge in [0.1, 0.15) is 5.75 Å². The van der Waals surface area contributed by atoms with Gasteiger partial charge < -0.3 is 25.7 Å². The Balaban J connectivity index is 0.000000352. The average Bonchev–Trinajstić information content (AvgIpc) is 2.84. The zero-order valence-corrected chi connectivity index (χ0v) is 24.0. The Morgan fingerprint density at radius 3 is 2.11 bits per heavy atom. The third-order valence-electron chi connectivity index (χ3n) is 5.64. The summed E-state index contributed by atoms with van der Waals surface area (Å²) in [6.45, 7) is 14.4. The van der Waals surface area contributed by atoms with Crippen LogP contribution in [0, 0.1) is 0 Å². The molecule has 0 saturated heterocycles. The maximum atomic E-state index is 9.91. The van der Waals surface area contributed by atoms with Crippen LogP contribution >= 0.6 is 0 Å². The Labute approximate surface area is 229 Å². The van der Waals surface area contributed by atoms with Gasteiger partial charge in [0.05, 0.1) is 13.2 Å². The molecule has 0 saturated carbocycles. The number of nitrogens with zero attached hydrogens (tertiary/aromatic N) is 1. The molecule has 0 spiro atoms. The fourth-order valence-electron chi connectivity index (χ4n) is 3.55. The minimum atomic E-state index is -0.178. The quantitative estimate of drug-likeness (QED) is 0.166. The molecule has 0 fully saturated rings. The van der Waals surface area contributed by atoms with Crippen LogP contribution in [-0.4, -0.2) is 52.9 Å². The Kier molecular flexibility index (Phi) is 13.0. The number of benzene rings is 3. The molecule has 0 radical (unpaired) electrons. The molecule has 0 amide bonds. The standard InChI is InChI=1S/C15H18N2O2.C14H22O2.O.V/c18-10-9-16-7-8-17-11-14-13-4-2-1-3-12(13)5-6-15(14)19;1-13(2,3)9-7-10(14(4,5)6)12(16)11(15)8-9;;/h1-6,11,16,18-19H,7-10H2;7-8,15-16H,1-6H3;;. The third kappa shape index (κ3) is 9.93. The number of hydrogen-bond donors (Lipinski definition) is 5. The number of hydrogen-bond acceptors (Lipinski definition) is 7. The van der Waals surface area contributed by atoms with E-state index in [-0.39, 0.29) is 34.7 Å². The first-order valence-corrected chi connectivity index (χ1v) is 12.7. The van der Waals surface area contributed by atoms with E-state index in [4.69, 9.17) is 8.78 Å². The van der Waals surface area contributed by atoms with Crippen LogP contribution in [0.4, 0.5) is 0 Å². The fraction of sp³-hybridized carbons (Fsp3) is 0.414. The summed E-state index contributed by atoms with van der Waals surface area (Å²) in [7, 11) is 0. The molecule has 3 aromatic rings. The molecule has 0 unspecified atom stereocenters. The van der Waals surface area contributed by atoms with E-state index in [0.717, 1.165) is 44.8 Å². The summed E-state index contributed by atoms with van der Waals surface area (Å²) in [5, 5.41) is 43.3. The van der Waals surface area contributed by atoms with Crippen molar-refractivity contribution in [2.24, 2.45) is 4.99 Å². The van der Waals surface area contributed by atoms with Crippen LogP contribution in [0.15, 0.2) is 53.5 Å². The first-order valence-electron chi connectivity index (χ1n) is 12.1. The van der Waals surface area contributed by atoms with Crippen LogP contribution in [0.1, 0.15) is 58.2 Å². The number of phenols is 3. The van der Waals surface area contributed by atoms with Crippen molar-refractivity contribution in [2.75, 3.05) is 26.2 Å². The monoisotopic (exact) mass is 547 g/mol. The predicted octanol–water partition coefficient (Wildman–Crippen LogP) is 5.12. The number of aliphatic hydroxyl groups excluding tert-OH is 1. The minimum absolute atomic E-state index is 0.000463. The maximum absolute atomic E-state index is 9.91. The van der Waals surface area contributed by atoms with Crippen LogP contribution in [0.3, 0.4) is 0 Å². The molecule has 0 aliphatic rings. The van der Waals surface area contributed by atoms with Crippen molar-refractivity contribution in [1.29, 1.82) is 0 Å². The van der Waals surface area contributed by atoms with Crippen molar-refractivity contribution in [1.82, 2.24) is 5.32 Å². The van der Waals surface area contributed by atoms with Crippen molar-refractivity contribution >= 4 is 17.0 Å². The number of rotatable bonds is 6. The first-order chi connectivity index (χ1) is 17.4. The fourth-order valence-corrected chi connectivity index (χ4v) is 3.55. The van der Waals surface area contributed by atoms with Crippen molar-refractivity contribution in [3.8, 4) is 17.2 Å². The van der Waals surface area contributed by atoms with E-state index in [2.05, 4.69) is 31.1 Å². The summed E-state index contributed by atoms with van der Waals surface area (Å²) < 4.78 is 8.19. The molecule has 0 aliphatic heterocycles. The molecule has 0 aromatic heterocycles. The molecule has 0 heterocycles. The van der Waals surface area contributed by atoms with Crippen LogP contribution in [0.5, 0.6) is 17.2 Å². The summed E-state index contributed by atoms with van der Waals surface area (Å²) in [6, 6.07) is 15.1. The zero-order valence-electron chi connectivity index (χ0n) is 22.6. The van der Waals surface area contributed by atoms with E-state index in [9.17, 15) is 15.3 Å². The van der Waals surface area contributed by atoms with Gasteiger partial charge in [-0.2, -0.15) is 0 Å². The van der Waals surface area contributed by atoms with Crippen molar-refractivity contribution in [3.05, 3.63) is 65.2 Å². The molecule has 3 rings (SSSR count). The van der Waals surface area contributed by atoms with E-state index >= 15 is 0 Å². The van der Waals surface area contributed by atoms with Gasteiger partial charge in [0, 0.05) is 30.4 Å². The van der Waals surface area contributed by atoms with Crippen molar-refractivity contribution in [2.45, 2.75) is 52.4 Å². The average molecular weight is 548 g/mol. The van der Waals surface area contributed by atoms with Gasteiger partial charge in [0.15, 0.2) is 11.5 Å². The second-order valence-electron chi connectivity index (χ2n) is 10.6. The molecule has 201 valence electrons. The molecular formula is C29H40N2O5V. The summed E-state index contributed by atoms with van der Waals surface area (Å²) in [6.07, 6.45) is 1.71. The van der Waals surface area contributed by atoms with Gasteiger partial charge in [-0.1, -0.05) is 77.9 Å². The van der Waals surface area contributed by atoms with Gasteiger partial charge in [0.25, 0.3) is 0 Å². The summed E-state index contributed by atoms with van der Waals surface area (Å²) >= 11 is 1.06. The Morgan fingerprint density at radius 2 is 1.51 bits per heavy atom. The topological polar surface area (TPSA) is 122 Å². The normalized spacial score (nSPS) is 11.5. The summed E-state index contributed by atoms with van der Waals surface area (Å²) in [5.74, 6) is 0.212. The molecule has 3 aromatic carbocycles. The van der Waals surface area contributed by atoms with E-state index in [1.807, 2.05) is 57.2 Å². The number of aromatic hydroxyl groups is 3. The number of fused-ring (bicyclic) bond motifs is 1. The first kappa shape index (κ1) is 32.3. The number of nitrogens with one attached hydrogen (secondary N) is 1. The van der Waals surface area contributed by atoms with Crippen molar-refractivity contribution in [3.63, 3.8) is 0 Å². The Hall–Kier alpha value is -2.71. The molecular weight excluding hydrogens is 507 g/mol. The van der Waals surface area contributed by atoms with E-state index in [1.54, 1.807) is 18.3 Å². The van der Waals surface area contributed by atoms with Crippen LogP contribution in [0.25, 0.3) is 10.8 Å². The second kappa shape index (κ2) is 14.9. The Bertz CT molecular complexity index is 1170. The number of aliphatic imine (C=N–C) groups is 1. The van der Waals surface area contributed by atoms with Crippen LogP contribution in [0.2, 0.25) is 0 Å². The molecule has 7 nitrogen and oxygen atoms in total. The Morgan fingerprint density at radius 1 is 0.865 bits per heavy atom. The molecule has 0 aliphatic carbocycles. The van der Waals surface area contributed by atoms with Gasteiger partial charge in [-0.05, 0) is 39.3 Å². The van der Waals surface area contributed by atoms with Crippen LogP contribution in [-0.2, 0) is 31.9 Å². The van der Waals surface area contributed by atoms with Gasteiger partial charge in [-0.25, -0.2) is 0 Å². The van der Waals surface area contributed by atoms with Crippen LogP contribution < -0.4 is 5.32 Å². The third-order valence-corrected chi connectivity index (χ3v) is 5.64. The predicted molar refractivity (Wildman–Crippen MR) is 146 cm³/mol. The van der Waals surface area contributed by atoms with Gasteiger partial charge in [-0.15, -0.1) is 0 Å². The van der Waals surface area contributed by atoms with E-state index in [0.29, 0.717) is 19.6 Å². The SMILES string of the molecule is CC(C)(C)c1cc(O)c(O)c(C(C)(C)C)c1.OCCNCCN=Cc1c(O)ccc2ccccc12.[O]=[V]. The molecule has 0 bridgehead atoms. The number of aliphatic hydroxyl groups is 1. The summed E-state index contributed by atoms with van der Waals surface area (Å²) in [5.41, 5.74) is 2.36. The van der Waals surface area contributed by atoms with Gasteiger partial charge in [-0.3, -0.25) is 4.99 Å². The van der Waals surface area contributed by atoms with E-state index in [1.165, 1.54) is 0 Å². The summed E-state index contributed by atoms with van der Waals surface area (Å²) in [4.78, 5) is 4.30. The van der Waals surface area contributed by atoms with Gasteiger partial charge in [0.2, 0.25) is 0 Å². The zero-order chi connectivity index (χ0) is 28.2.